The lowest BCUT2D eigenvalue weighted by Gasteiger charge is -2.18. The van der Waals surface area contributed by atoms with Crippen LogP contribution in [0.3, 0.4) is 0 Å². The highest BCUT2D eigenvalue weighted by Crippen LogP contribution is 2.24. The van der Waals surface area contributed by atoms with Crippen LogP contribution in [-0.2, 0) is 10.1 Å². The molecule has 1 aromatic carbocycles. The zero-order valence-electron chi connectivity index (χ0n) is 9.08. The van der Waals surface area contributed by atoms with Gasteiger partial charge >= 0.3 is 0 Å². The van der Waals surface area contributed by atoms with Gasteiger partial charge < -0.3 is 10.2 Å². The molecule has 3 N–H and O–H groups in total. The predicted molar refractivity (Wildman–Crippen MR) is 61.2 cm³/mol. The Kier molecular flexibility index (Phi) is 4.65. The largest absolute Gasteiger partial charge is 0.390 e. The van der Waals surface area contributed by atoms with Crippen LogP contribution in [0.25, 0.3) is 10.4 Å². The SMILES string of the molecule is [N-]=[N+]=NCC(O)C(O)c1ccccc1S(=O)(=O)O. The van der Waals surface area contributed by atoms with E-state index < -0.39 is 33.8 Å². The summed E-state index contributed by atoms with van der Waals surface area (Å²) in [5.74, 6) is 0. The van der Waals surface area contributed by atoms with Crippen LogP contribution in [0, 0.1) is 0 Å². The van der Waals surface area contributed by atoms with E-state index in [1.165, 1.54) is 18.2 Å². The second kappa shape index (κ2) is 5.80. The number of rotatable bonds is 5. The fourth-order valence-corrected chi connectivity index (χ4v) is 2.12. The molecule has 1 aromatic rings. The van der Waals surface area contributed by atoms with Crippen LogP contribution >= 0.6 is 0 Å². The van der Waals surface area contributed by atoms with Crippen LogP contribution in [0.2, 0.25) is 0 Å². The first kappa shape index (κ1) is 14.4. The van der Waals surface area contributed by atoms with Crippen molar-refractivity contribution in [3.05, 3.63) is 40.3 Å². The third-order valence-corrected chi connectivity index (χ3v) is 3.14. The highest BCUT2D eigenvalue weighted by molar-refractivity contribution is 7.85. The van der Waals surface area contributed by atoms with Crippen molar-refractivity contribution in [1.29, 1.82) is 0 Å². The smallest absolute Gasteiger partial charge is 0.294 e. The first-order chi connectivity index (χ1) is 8.38. The van der Waals surface area contributed by atoms with Crippen LogP contribution in [-0.4, -0.2) is 35.8 Å². The molecule has 1 rings (SSSR count). The van der Waals surface area contributed by atoms with E-state index in [4.69, 9.17) is 10.1 Å². The highest BCUT2D eigenvalue weighted by Gasteiger charge is 2.24. The third-order valence-electron chi connectivity index (χ3n) is 2.21. The molecule has 0 heterocycles. The predicted octanol–water partition coefficient (Wildman–Crippen LogP) is 0.638. The van der Waals surface area contributed by atoms with Crippen LogP contribution in [0.15, 0.2) is 34.3 Å². The standard InChI is InChI=1S/C9H11N3O5S/c10-12-11-5-7(13)9(14)6-3-1-2-4-8(6)18(15,16)17/h1-4,7,9,13-14H,5H2,(H,15,16,17). The van der Waals surface area contributed by atoms with Crippen LogP contribution < -0.4 is 0 Å². The molecular formula is C9H11N3O5S. The van der Waals surface area contributed by atoms with Gasteiger partial charge in [-0.3, -0.25) is 4.55 Å². The van der Waals surface area contributed by atoms with Crippen molar-refractivity contribution in [3.8, 4) is 0 Å². The minimum absolute atomic E-state index is 0.166. The number of benzene rings is 1. The summed E-state index contributed by atoms with van der Waals surface area (Å²) in [6.07, 6.45) is -3.06. The Labute approximate surface area is 103 Å². The van der Waals surface area contributed by atoms with E-state index in [1.54, 1.807) is 0 Å². The average Bonchev–Trinajstić information content (AvgIpc) is 2.34. The molecule has 2 atom stereocenters. The summed E-state index contributed by atoms with van der Waals surface area (Å²) in [4.78, 5) is 1.91. The molecule has 0 aliphatic rings. The monoisotopic (exact) mass is 273 g/mol. The molecule has 0 fully saturated rings. The first-order valence-electron chi connectivity index (χ1n) is 4.81. The second-order valence-corrected chi connectivity index (χ2v) is 4.83. The molecule has 9 heteroatoms. The Balaban J connectivity index is 3.13. The van der Waals surface area contributed by atoms with Gasteiger partial charge in [-0.05, 0) is 11.6 Å². The van der Waals surface area contributed by atoms with Crippen LogP contribution in [0.5, 0.6) is 0 Å². The molecule has 0 saturated carbocycles. The molecule has 0 aromatic heterocycles. The minimum Gasteiger partial charge on any atom is -0.390 e. The summed E-state index contributed by atoms with van der Waals surface area (Å²) in [7, 11) is -4.51. The lowest BCUT2D eigenvalue weighted by atomic mass is 10.0. The van der Waals surface area contributed by atoms with Gasteiger partial charge in [0.15, 0.2) is 0 Å². The normalized spacial score (nSPS) is 14.6. The maximum absolute atomic E-state index is 11.1. The van der Waals surface area contributed by atoms with Gasteiger partial charge in [0.25, 0.3) is 10.1 Å². The lowest BCUT2D eigenvalue weighted by molar-refractivity contribution is 0.0226. The quantitative estimate of drug-likeness (QED) is 0.312. The van der Waals surface area contributed by atoms with Gasteiger partial charge in [-0.1, -0.05) is 23.3 Å². The van der Waals surface area contributed by atoms with Crippen LogP contribution in [0.1, 0.15) is 11.7 Å². The maximum atomic E-state index is 11.1. The number of nitrogens with zero attached hydrogens (tertiary/aromatic N) is 3. The van der Waals surface area contributed by atoms with Crippen molar-refractivity contribution in [1.82, 2.24) is 0 Å². The number of aliphatic hydroxyl groups excluding tert-OH is 2. The molecule has 98 valence electrons. The maximum Gasteiger partial charge on any atom is 0.294 e. The number of aliphatic hydroxyl groups is 2. The van der Waals surface area contributed by atoms with E-state index in [0.717, 1.165) is 6.07 Å². The first-order valence-corrected chi connectivity index (χ1v) is 6.25. The number of hydrogen-bond acceptors (Lipinski definition) is 5. The summed E-state index contributed by atoms with van der Waals surface area (Å²) in [5, 5.41) is 22.3. The number of azide groups is 1. The molecule has 8 nitrogen and oxygen atoms in total. The van der Waals surface area contributed by atoms with Gasteiger partial charge in [0.05, 0.1) is 17.5 Å². The van der Waals surface area contributed by atoms with Crippen molar-refractivity contribution in [3.63, 3.8) is 0 Å². The van der Waals surface area contributed by atoms with E-state index in [9.17, 15) is 18.6 Å². The molecular weight excluding hydrogens is 262 g/mol. The molecule has 0 amide bonds. The molecule has 0 aliphatic carbocycles. The van der Waals surface area contributed by atoms with Crippen LogP contribution in [0.4, 0.5) is 0 Å². The Morgan fingerprint density at radius 2 is 1.94 bits per heavy atom. The van der Waals surface area contributed by atoms with Gasteiger partial charge in [0.1, 0.15) is 6.10 Å². The fourth-order valence-electron chi connectivity index (χ4n) is 1.39. The van der Waals surface area contributed by atoms with E-state index in [-0.39, 0.29) is 5.56 Å². The topological polar surface area (TPSA) is 144 Å². The zero-order valence-corrected chi connectivity index (χ0v) is 9.90. The van der Waals surface area contributed by atoms with Crippen molar-refractivity contribution >= 4 is 10.1 Å². The van der Waals surface area contributed by atoms with Gasteiger partial charge in [0, 0.05) is 10.5 Å². The molecule has 18 heavy (non-hydrogen) atoms. The molecule has 0 radical (unpaired) electrons. The molecule has 0 spiro atoms. The molecule has 0 aliphatic heterocycles. The average molecular weight is 273 g/mol. The number of hydrogen-bond donors (Lipinski definition) is 3. The lowest BCUT2D eigenvalue weighted by Crippen LogP contribution is -2.22. The molecule has 2 unspecified atom stereocenters. The van der Waals surface area contributed by atoms with E-state index in [2.05, 4.69) is 10.0 Å². The van der Waals surface area contributed by atoms with Crippen molar-refractivity contribution in [2.24, 2.45) is 5.11 Å². The van der Waals surface area contributed by atoms with E-state index >= 15 is 0 Å². The second-order valence-electron chi connectivity index (χ2n) is 3.44. The summed E-state index contributed by atoms with van der Waals surface area (Å²) >= 11 is 0. The Morgan fingerprint density at radius 1 is 1.33 bits per heavy atom. The van der Waals surface area contributed by atoms with Gasteiger partial charge in [-0.15, -0.1) is 0 Å². The zero-order chi connectivity index (χ0) is 13.8. The van der Waals surface area contributed by atoms with Gasteiger partial charge in [0.2, 0.25) is 0 Å². The van der Waals surface area contributed by atoms with Crippen molar-refractivity contribution < 1.29 is 23.2 Å². The summed E-state index contributed by atoms with van der Waals surface area (Å²) in [5.41, 5.74) is 7.91. The minimum atomic E-state index is -4.51. The van der Waals surface area contributed by atoms with Gasteiger partial charge in [-0.2, -0.15) is 8.42 Å². The summed E-state index contributed by atoms with van der Waals surface area (Å²) in [6.45, 7) is -0.419. The summed E-state index contributed by atoms with van der Waals surface area (Å²) < 4.78 is 31.1. The van der Waals surface area contributed by atoms with E-state index in [0.29, 0.717) is 0 Å². The molecule has 0 saturated heterocycles. The Bertz CT molecular complexity index is 567. The fraction of sp³-hybridized carbons (Fsp3) is 0.333. The Morgan fingerprint density at radius 3 is 2.50 bits per heavy atom. The summed E-state index contributed by atoms with van der Waals surface area (Å²) in [6, 6.07) is 5.13. The third kappa shape index (κ3) is 3.42. The highest BCUT2D eigenvalue weighted by atomic mass is 32.2. The van der Waals surface area contributed by atoms with Crippen molar-refractivity contribution in [2.75, 3.05) is 6.54 Å². The Hall–Kier alpha value is -1.64. The van der Waals surface area contributed by atoms with Crippen molar-refractivity contribution in [2.45, 2.75) is 17.1 Å². The van der Waals surface area contributed by atoms with E-state index in [1.807, 2.05) is 0 Å². The molecule has 0 bridgehead atoms. The van der Waals surface area contributed by atoms with Gasteiger partial charge in [-0.25, -0.2) is 0 Å².